The normalized spacial score (nSPS) is 26.4. The van der Waals surface area contributed by atoms with Crippen molar-refractivity contribution in [2.45, 2.75) is 32.0 Å². The van der Waals surface area contributed by atoms with Gasteiger partial charge in [0.1, 0.15) is 5.82 Å². The van der Waals surface area contributed by atoms with E-state index in [2.05, 4.69) is 9.80 Å². The molecular weight excluding hydrogens is 241 g/mol. The second-order valence-corrected chi connectivity index (χ2v) is 5.77. The fourth-order valence-electron chi connectivity index (χ4n) is 3.44. The molecular formula is C15H22FN3. The molecule has 0 radical (unpaired) electrons. The number of nitrogens with zero attached hydrogens (tertiary/aromatic N) is 2. The summed E-state index contributed by atoms with van der Waals surface area (Å²) in [5.74, 6) is -0.186. The summed E-state index contributed by atoms with van der Waals surface area (Å²) in [5, 5.41) is 0. The number of halogens is 1. The number of rotatable bonds is 2. The first kappa shape index (κ1) is 13.0. The Morgan fingerprint density at radius 1 is 1.32 bits per heavy atom. The highest BCUT2D eigenvalue weighted by atomic mass is 19.1. The number of fused-ring (bicyclic) bond motifs is 1. The Morgan fingerprint density at radius 3 is 2.95 bits per heavy atom. The zero-order valence-electron chi connectivity index (χ0n) is 11.5. The second-order valence-electron chi connectivity index (χ2n) is 5.77. The third-order valence-electron chi connectivity index (χ3n) is 4.56. The van der Waals surface area contributed by atoms with Crippen LogP contribution < -0.4 is 5.73 Å². The molecule has 2 heterocycles. The number of piperazine rings is 1. The van der Waals surface area contributed by atoms with E-state index in [1.165, 1.54) is 25.5 Å². The average molecular weight is 263 g/mol. The molecule has 2 atom stereocenters. The summed E-state index contributed by atoms with van der Waals surface area (Å²) in [6.45, 7) is 6.33. The van der Waals surface area contributed by atoms with Crippen molar-refractivity contribution < 1.29 is 4.39 Å². The molecule has 1 aromatic carbocycles. The van der Waals surface area contributed by atoms with Crippen LogP contribution in [-0.4, -0.2) is 42.0 Å². The SMILES string of the molecule is Cc1cc(F)ccc1C(N)N1CCN2CCC[C@@H]2C1. The zero-order chi connectivity index (χ0) is 13.4. The summed E-state index contributed by atoms with van der Waals surface area (Å²) in [6.07, 6.45) is 2.48. The van der Waals surface area contributed by atoms with Crippen molar-refractivity contribution in [3.05, 3.63) is 35.1 Å². The fraction of sp³-hybridized carbons (Fsp3) is 0.600. The number of aryl methyl sites for hydroxylation is 1. The van der Waals surface area contributed by atoms with Crippen molar-refractivity contribution in [3.8, 4) is 0 Å². The van der Waals surface area contributed by atoms with E-state index in [0.29, 0.717) is 6.04 Å². The van der Waals surface area contributed by atoms with Crippen LogP contribution in [0.2, 0.25) is 0 Å². The molecule has 1 unspecified atom stereocenters. The Bertz CT molecular complexity index is 463. The monoisotopic (exact) mass is 263 g/mol. The first-order chi connectivity index (χ1) is 9.15. The van der Waals surface area contributed by atoms with Crippen molar-refractivity contribution in [2.24, 2.45) is 5.73 Å². The van der Waals surface area contributed by atoms with Gasteiger partial charge >= 0.3 is 0 Å². The third-order valence-corrected chi connectivity index (χ3v) is 4.56. The van der Waals surface area contributed by atoms with E-state index >= 15 is 0 Å². The van der Waals surface area contributed by atoms with Gasteiger partial charge in [-0.3, -0.25) is 9.80 Å². The molecule has 0 bridgehead atoms. The van der Waals surface area contributed by atoms with Gasteiger partial charge in [-0.05, 0) is 49.6 Å². The Morgan fingerprint density at radius 2 is 2.16 bits per heavy atom. The van der Waals surface area contributed by atoms with E-state index in [9.17, 15) is 4.39 Å². The molecule has 2 saturated heterocycles. The highest BCUT2D eigenvalue weighted by Crippen LogP contribution is 2.27. The predicted molar refractivity (Wildman–Crippen MR) is 74.2 cm³/mol. The summed E-state index contributed by atoms with van der Waals surface area (Å²) in [5.41, 5.74) is 8.38. The first-order valence-corrected chi connectivity index (χ1v) is 7.15. The van der Waals surface area contributed by atoms with Gasteiger partial charge in [0.05, 0.1) is 6.17 Å². The van der Waals surface area contributed by atoms with Gasteiger partial charge in [0.25, 0.3) is 0 Å². The molecule has 2 aliphatic heterocycles. The molecule has 0 saturated carbocycles. The minimum absolute atomic E-state index is 0.108. The molecule has 0 spiro atoms. The van der Waals surface area contributed by atoms with Crippen LogP contribution in [0.4, 0.5) is 4.39 Å². The van der Waals surface area contributed by atoms with E-state index in [0.717, 1.165) is 30.8 Å². The van der Waals surface area contributed by atoms with Gasteiger partial charge in [0.2, 0.25) is 0 Å². The molecule has 0 aliphatic carbocycles. The van der Waals surface area contributed by atoms with Gasteiger partial charge in [0, 0.05) is 25.7 Å². The summed E-state index contributed by atoms with van der Waals surface area (Å²) < 4.78 is 13.2. The topological polar surface area (TPSA) is 32.5 Å². The zero-order valence-corrected chi connectivity index (χ0v) is 11.5. The van der Waals surface area contributed by atoms with Gasteiger partial charge in [-0.1, -0.05) is 6.07 Å². The molecule has 2 fully saturated rings. The Kier molecular flexibility index (Phi) is 3.56. The highest BCUT2D eigenvalue weighted by Gasteiger charge is 2.33. The third kappa shape index (κ3) is 2.53. The standard InChI is InChI=1S/C15H22FN3/c1-11-9-12(16)4-5-14(11)15(17)19-8-7-18-6-2-3-13(18)10-19/h4-5,9,13,15H,2-3,6-8,10,17H2,1H3/t13-,15?/m1/s1. The summed E-state index contributed by atoms with van der Waals surface area (Å²) in [6, 6.07) is 5.58. The summed E-state index contributed by atoms with van der Waals surface area (Å²) in [4.78, 5) is 4.91. The van der Waals surface area contributed by atoms with Crippen LogP contribution in [0.25, 0.3) is 0 Å². The van der Waals surface area contributed by atoms with Gasteiger partial charge in [-0.15, -0.1) is 0 Å². The Balaban J connectivity index is 1.74. The molecule has 19 heavy (non-hydrogen) atoms. The van der Waals surface area contributed by atoms with E-state index in [4.69, 9.17) is 5.73 Å². The summed E-state index contributed by atoms with van der Waals surface area (Å²) in [7, 11) is 0. The van der Waals surface area contributed by atoms with E-state index in [1.807, 2.05) is 13.0 Å². The van der Waals surface area contributed by atoms with Gasteiger partial charge in [0.15, 0.2) is 0 Å². The lowest BCUT2D eigenvalue weighted by molar-refractivity contribution is 0.0728. The molecule has 0 amide bonds. The van der Waals surface area contributed by atoms with Gasteiger partial charge < -0.3 is 5.73 Å². The number of hydrogen-bond donors (Lipinski definition) is 1. The maximum Gasteiger partial charge on any atom is 0.123 e. The molecule has 3 rings (SSSR count). The fourth-order valence-corrected chi connectivity index (χ4v) is 3.44. The molecule has 2 N–H and O–H groups in total. The first-order valence-electron chi connectivity index (χ1n) is 7.15. The van der Waals surface area contributed by atoms with Crippen molar-refractivity contribution in [2.75, 3.05) is 26.2 Å². The van der Waals surface area contributed by atoms with Crippen molar-refractivity contribution in [1.82, 2.24) is 9.80 Å². The van der Waals surface area contributed by atoms with Gasteiger partial charge in [-0.2, -0.15) is 0 Å². The minimum Gasteiger partial charge on any atom is -0.312 e. The number of benzene rings is 1. The summed E-state index contributed by atoms with van der Waals surface area (Å²) >= 11 is 0. The minimum atomic E-state index is -0.186. The second kappa shape index (κ2) is 5.19. The van der Waals surface area contributed by atoms with E-state index < -0.39 is 0 Å². The average Bonchev–Trinajstić information content (AvgIpc) is 2.85. The maximum absolute atomic E-state index is 13.2. The van der Waals surface area contributed by atoms with E-state index in [-0.39, 0.29) is 12.0 Å². The molecule has 104 valence electrons. The van der Waals surface area contributed by atoms with Crippen LogP contribution in [0, 0.1) is 12.7 Å². The Hall–Kier alpha value is -0.970. The number of nitrogens with two attached hydrogens (primary N) is 1. The van der Waals surface area contributed by atoms with Gasteiger partial charge in [-0.25, -0.2) is 4.39 Å². The van der Waals surface area contributed by atoms with E-state index in [1.54, 1.807) is 6.07 Å². The van der Waals surface area contributed by atoms with Crippen LogP contribution >= 0.6 is 0 Å². The lowest BCUT2D eigenvalue weighted by atomic mass is 10.0. The number of hydrogen-bond acceptors (Lipinski definition) is 3. The quantitative estimate of drug-likeness (QED) is 0.884. The lowest BCUT2D eigenvalue weighted by Gasteiger charge is -2.40. The van der Waals surface area contributed by atoms with Crippen LogP contribution in [0.15, 0.2) is 18.2 Å². The van der Waals surface area contributed by atoms with Crippen molar-refractivity contribution in [3.63, 3.8) is 0 Å². The smallest absolute Gasteiger partial charge is 0.123 e. The largest absolute Gasteiger partial charge is 0.312 e. The molecule has 1 aromatic rings. The lowest BCUT2D eigenvalue weighted by Crippen LogP contribution is -2.52. The van der Waals surface area contributed by atoms with Crippen molar-refractivity contribution in [1.29, 1.82) is 0 Å². The van der Waals surface area contributed by atoms with Crippen LogP contribution in [0.3, 0.4) is 0 Å². The Labute approximate surface area is 114 Å². The highest BCUT2D eigenvalue weighted by molar-refractivity contribution is 5.29. The van der Waals surface area contributed by atoms with Crippen LogP contribution in [0.5, 0.6) is 0 Å². The molecule has 0 aromatic heterocycles. The maximum atomic E-state index is 13.2. The van der Waals surface area contributed by atoms with Crippen molar-refractivity contribution >= 4 is 0 Å². The molecule has 4 heteroatoms. The van der Waals surface area contributed by atoms with Crippen LogP contribution in [0.1, 0.15) is 30.1 Å². The predicted octanol–water partition coefficient (Wildman–Crippen LogP) is 1.87. The van der Waals surface area contributed by atoms with Crippen LogP contribution in [-0.2, 0) is 0 Å². The molecule has 2 aliphatic rings. The molecule has 3 nitrogen and oxygen atoms in total.